The van der Waals surface area contributed by atoms with Crippen molar-refractivity contribution in [1.82, 2.24) is 9.97 Å². The molecule has 0 atom stereocenters. The minimum atomic E-state index is -3.63. The van der Waals surface area contributed by atoms with Crippen molar-refractivity contribution in [3.8, 4) is 0 Å². The Labute approximate surface area is 310 Å². The monoisotopic (exact) mass is 988 g/mol. The van der Waals surface area contributed by atoms with E-state index in [0.29, 0.717) is 0 Å². The molecule has 250 valence electrons. The fourth-order valence-corrected chi connectivity index (χ4v) is 3.63. The van der Waals surface area contributed by atoms with Crippen molar-refractivity contribution < 1.29 is 59.4 Å². The molecule has 4 aromatic carbocycles. The van der Waals surface area contributed by atoms with E-state index in [0.717, 1.165) is 38.7 Å². The summed E-state index contributed by atoms with van der Waals surface area (Å²) >= 11 is 3.08. The first-order valence-electron chi connectivity index (χ1n) is 12.9. The number of aromatic amines is 2. The van der Waals surface area contributed by atoms with E-state index in [-0.39, 0.29) is 46.6 Å². The summed E-state index contributed by atoms with van der Waals surface area (Å²) in [6.45, 7) is 0. The number of carboxylic acid groups (broad SMARTS) is 2. The van der Waals surface area contributed by atoms with E-state index in [4.69, 9.17) is 18.1 Å². The number of carbonyl (C=O) groups excluding carboxylic acids is 2. The molecule has 0 spiro atoms. The molecule has 10 nitrogen and oxygen atoms in total. The molecule has 14 heteroatoms. The zero-order valence-electron chi connectivity index (χ0n) is 24.4. The van der Waals surface area contributed by atoms with Gasteiger partial charge in [0.25, 0.3) is 0 Å². The maximum Gasteiger partial charge on any atom is 0.150 e. The van der Waals surface area contributed by atoms with Crippen LogP contribution in [0.3, 0.4) is 0 Å². The predicted molar refractivity (Wildman–Crippen MR) is 188 cm³/mol. The predicted octanol–water partition coefficient (Wildman–Crippen LogP) is 0.429. The summed E-state index contributed by atoms with van der Waals surface area (Å²) in [7, 11) is 1.00. The Bertz CT molecular complexity index is 1580. The Hall–Kier alpha value is -3.36. The van der Waals surface area contributed by atoms with Crippen molar-refractivity contribution >= 4 is 86.0 Å². The molecule has 2 aromatic heterocycles. The van der Waals surface area contributed by atoms with E-state index in [2.05, 4.69) is 35.2 Å². The van der Waals surface area contributed by atoms with Gasteiger partial charge in [0, 0.05) is 28.9 Å². The first-order chi connectivity index (χ1) is 21.6. The number of aliphatic hydroxyl groups is 1. The number of carbonyl (C=O) groups is 3. The molecular formula is C33H37IN2O8PbS2. The van der Waals surface area contributed by atoms with Crippen molar-refractivity contribution in [2.75, 3.05) is 7.11 Å². The van der Waals surface area contributed by atoms with Gasteiger partial charge in [0.1, 0.15) is 15.5 Å². The number of aromatic nitrogens is 2. The summed E-state index contributed by atoms with van der Waals surface area (Å²) in [5.74, 6) is -2.10. The second-order valence-corrected chi connectivity index (χ2v) is 13.0. The number of rotatable bonds is 3. The van der Waals surface area contributed by atoms with Gasteiger partial charge in [-0.25, -0.2) is 4.79 Å². The Kier molecular flexibility index (Phi) is 26.0. The summed E-state index contributed by atoms with van der Waals surface area (Å²) in [6.07, 6.45) is 0. The van der Waals surface area contributed by atoms with Crippen molar-refractivity contribution in [2.24, 2.45) is 0 Å². The molecule has 0 fully saturated rings. The van der Waals surface area contributed by atoms with Crippen molar-refractivity contribution in [2.45, 2.75) is 17.2 Å². The minimum absolute atomic E-state index is 0. The van der Waals surface area contributed by atoms with Crippen LogP contribution in [0.4, 0.5) is 0 Å². The first kappa shape index (κ1) is 45.8. The maximum atomic E-state index is 10.5. The van der Waals surface area contributed by atoms with Crippen LogP contribution < -0.4 is 29.1 Å². The number of para-hydroxylation sites is 2. The number of hydrogen-bond donors (Lipinski definition) is 5. The van der Waals surface area contributed by atoms with Crippen LogP contribution in [0.15, 0.2) is 131 Å². The summed E-state index contributed by atoms with van der Waals surface area (Å²) in [5, 5.41) is 27.9. The summed E-state index contributed by atoms with van der Waals surface area (Å²) in [6, 6.07) is 37.9. The van der Waals surface area contributed by atoms with Gasteiger partial charge < -0.3 is 54.1 Å². The van der Waals surface area contributed by atoms with Gasteiger partial charge in [0.2, 0.25) is 0 Å². The number of nitrogens with one attached hydrogen (secondary N) is 2. The molecule has 0 aliphatic heterocycles. The second kappa shape index (κ2) is 26.7. The van der Waals surface area contributed by atoms with Crippen molar-refractivity contribution in [1.29, 1.82) is 0 Å². The Morgan fingerprint density at radius 2 is 1.02 bits per heavy atom. The fourth-order valence-electron chi connectivity index (χ4n) is 3.25. The number of H-pyrrole nitrogens is 2. The molecule has 0 bridgehead atoms. The molecule has 0 aliphatic carbocycles. The smallest absolute Gasteiger partial charge is 0.150 e. The normalized spacial score (nSPS) is 8.70. The van der Waals surface area contributed by atoms with Crippen LogP contribution in [0, 0.1) is 0 Å². The molecule has 0 radical (unpaired) electrons. The maximum absolute atomic E-state index is 10.5. The van der Waals surface area contributed by atoms with Gasteiger partial charge in [0.05, 0.1) is 11.7 Å². The molecule has 0 aliphatic rings. The van der Waals surface area contributed by atoms with Gasteiger partial charge >= 0.3 is 43.5 Å². The number of halogens is 1. The Balaban J connectivity index is 0. The average Bonchev–Trinajstić information content (AvgIpc) is 3.70. The van der Waals surface area contributed by atoms with Crippen LogP contribution in [0.5, 0.6) is 0 Å². The number of aromatic carboxylic acids is 2. The molecule has 0 amide bonds. The molecule has 0 unspecified atom stereocenters. The van der Waals surface area contributed by atoms with Crippen LogP contribution in [0.25, 0.3) is 21.8 Å². The third-order valence-corrected chi connectivity index (χ3v) is 6.61. The third kappa shape index (κ3) is 19.2. The van der Waals surface area contributed by atoms with Crippen LogP contribution in [-0.4, -0.2) is 69.3 Å². The van der Waals surface area contributed by atoms with Gasteiger partial charge in [-0.05, 0) is 73.8 Å². The average molecular weight is 988 g/mol. The van der Waals surface area contributed by atoms with Crippen LogP contribution in [-0.2, 0) is 32.7 Å². The Morgan fingerprint density at radius 3 is 1.30 bits per heavy atom. The number of fused-ring (bicyclic) bond motifs is 2. The largest absolute Gasteiger partial charge is 1.00 e. The van der Waals surface area contributed by atoms with Crippen LogP contribution in [0.1, 0.15) is 28.4 Å². The number of hydrogen-bond acceptors (Lipinski definition) is 6. The summed E-state index contributed by atoms with van der Waals surface area (Å²) < 4.78 is 17.1. The fraction of sp³-hybridized carbons (Fsp3) is 0.0606. The van der Waals surface area contributed by atoms with Crippen LogP contribution >= 0.6 is 0 Å². The molecule has 2 heterocycles. The van der Waals surface area contributed by atoms with Gasteiger partial charge in [-0.3, -0.25) is 0 Å². The standard InChI is InChI=1S/2C9H7NO2.2C6H6S.CH4O.CHO.CH4.HI.H2O.O.Pb/c2*11-9(12)8-5-6-3-1-2-4-7(6)10-8;2*7-6-4-2-1-3-5-6;2*1-2;;;;;/h2*1-5,10H,(H,11,12);2*1-5,7H;2H,1H3;1H;1H4;1H;1H2;;/q;;;;;;;;;;+1/p-1. The van der Waals surface area contributed by atoms with E-state index in [1.807, 2.05) is 109 Å². The van der Waals surface area contributed by atoms with Gasteiger partial charge in [0.15, 0.2) is 0 Å². The number of carboxylic acids is 2. The molecule has 0 saturated heterocycles. The van der Waals surface area contributed by atoms with Gasteiger partial charge in [-0.1, -0.05) is 80.2 Å². The van der Waals surface area contributed by atoms with E-state index >= 15 is 0 Å². The molecule has 47 heavy (non-hydrogen) atoms. The van der Waals surface area contributed by atoms with Crippen molar-refractivity contribution in [3.05, 3.63) is 133 Å². The quantitative estimate of drug-likeness (QED) is 0.0733. The summed E-state index contributed by atoms with van der Waals surface area (Å²) in [5.41, 5.74) is 2.03. The molecule has 5 N–H and O–H groups in total. The van der Waals surface area contributed by atoms with E-state index < -0.39 is 35.1 Å². The van der Waals surface area contributed by atoms with Crippen LogP contribution in [0.2, 0.25) is 0 Å². The number of aliphatic hydroxyl groups excluding tert-OH is 1. The first-order valence-corrected chi connectivity index (χ1v) is 19.4. The van der Waals surface area contributed by atoms with E-state index in [1.165, 1.54) is 0 Å². The molecule has 6 aromatic rings. The zero-order chi connectivity index (χ0) is 33.6. The third-order valence-electron chi connectivity index (χ3n) is 5.16. The van der Waals surface area contributed by atoms with E-state index in [1.54, 1.807) is 12.1 Å². The van der Waals surface area contributed by atoms with Gasteiger partial charge in [-0.2, -0.15) is 0 Å². The number of benzene rings is 4. The summed E-state index contributed by atoms with van der Waals surface area (Å²) in [4.78, 5) is 37.8. The molecular weight excluding hydrogens is 951 g/mol. The van der Waals surface area contributed by atoms with Crippen molar-refractivity contribution in [3.63, 3.8) is 0 Å². The van der Waals surface area contributed by atoms with Gasteiger partial charge in [-0.15, -0.1) is 0 Å². The minimum Gasteiger partial charge on any atom is -1.00 e. The molecule has 0 saturated carbocycles. The SMILES string of the molecule is C.CO.O=C(O)c1cc2ccccc2[nH]1.O=C([O-])c1cc2ccccc2[nH]1.O=[CH][Pb](=[O])[OH].[I-].[SH2+]c1ccccc1.[SH2+]c1ccccc1. The second-order valence-electron chi connectivity index (χ2n) is 8.32. The Morgan fingerprint density at radius 1 is 0.702 bits per heavy atom. The topological polar surface area (TPSA) is 184 Å². The zero-order valence-corrected chi connectivity index (χ0v) is 32.4. The van der Waals surface area contributed by atoms with E-state index in [9.17, 15) is 17.4 Å². The molecule has 6 rings (SSSR count).